The van der Waals surface area contributed by atoms with Crippen molar-refractivity contribution in [3.05, 3.63) is 0 Å². The second kappa shape index (κ2) is 19.2. The number of rotatable bonds is 20. The molecule has 0 fully saturated rings. The molecule has 0 aliphatic carbocycles. The molecule has 0 spiro atoms. The van der Waals surface area contributed by atoms with Crippen molar-refractivity contribution < 1.29 is 18.9 Å². The van der Waals surface area contributed by atoms with E-state index in [0.717, 1.165) is 84.2 Å². The first-order valence-electron chi connectivity index (χ1n) is 11.6. The van der Waals surface area contributed by atoms with Crippen LogP contribution in [0.1, 0.15) is 99.3 Å². The molecule has 4 heteroatoms. The van der Waals surface area contributed by atoms with Gasteiger partial charge in [-0.05, 0) is 31.6 Å². The minimum atomic E-state index is -0.134. The van der Waals surface area contributed by atoms with Gasteiger partial charge in [0.1, 0.15) is 0 Å². The second-order valence-electron chi connectivity index (χ2n) is 7.77. The zero-order valence-electron chi connectivity index (χ0n) is 19.1. The highest BCUT2D eigenvalue weighted by atomic mass is 16.7. The fourth-order valence-corrected chi connectivity index (χ4v) is 2.73. The minimum Gasteiger partial charge on any atom is -0.353 e. The molecule has 0 heterocycles. The first-order valence-corrected chi connectivity index (χ1v) is 11.6. The molecular formula is C23H48O4. The van der Waals surface area contributed by atoms with Crippen LogP contribution in [0.5, 0.6) is 0 Å². The van der Waals surface area contributed by atoms with Crippen LogP contribution in [0.4, 0.5) is 0 Å². The molecule has 0 N–H and O–H groups in total. The standard InChI is InChI=1S/C23H48O4/c1-7-11-15-24-22(25-16-12-8-2)19-20(5)21(6)23(26-17-13-9-3)27-18-14-10-4/h20-23H,7-19H2,1-6H3. The third kappa shape index (κ3) is 14.5. The third-order valence-electron chi connectivity index (χ3n) is 5.05. The summed E-state index contributed by atoms with van der Waals surface area (Å²) < 4.78 is 24.2. The minimum absolute atomic E-state index is 0.118. The van der Waals surface area contributed by atoms with Gasteiger partial charge in [-0.1, -0.05) is 67.2 Å². The average Bonchev–Trinajstić information content (AvgIpc) is 2.66. The summed E-state index contributed by atoms with van der Waals surface area (Å²) in [5, 5.41) is 0. The highest BCUT2D eigenvalue weighted by molar-refractivity contribution is 4.68. The van der Waals surface area contributed by atoms with E-state index in [4.69, 9.17) is 18.9 Å². The summed E-state index contributed by atoms with van der Waals surface area (Å²) in [7, 11) is 0. The summed E-state index contributed by atoms with van der Waals surface area (Å²) in [6.07, 6.45) is 9.54. The summed E-state index contributed by atoms with van der Waals surface area (Å²) in [6, 6.07) is 0. The van der Waals surface area contributed by atoms with E-state index in [9.17, 15) is 0 Å². The summed E-state index contributed by atoms with van der Waals surface area (Å²) in [6.45, 7) is 16.4. The van der Waals surface area contributed by atoms with Gasteiger partial charge in [0.15, 0.2) is 12.6 Å². The Morgan fingerprint density at radius 3 is 1.30 bits per heavy atom. The maximum atomic E-state index is 6.09. The Labute approximate surface area is 169 Å². The highest BCUT2D eigenvalue weighted by Crippen LogP contribution is 2.25. The normalized spacial score (nSPS) is 14.2. The summed E-state index contributed by atoms with van der Waals surface area (Å²) in [5.74, 6) is 0.720. The van der Waals surface area contributed by atoms with E-state index in [2.05, 4.69) is 41.5 Å². The molecule has 0 radical (unpaired) electrons. The van der Waals surface area contributed by atoms with Crippen LogP contribution in [-0.2, 0) is 18.9 Å². The fraction of sp³-hybridized carbons (Fsp3) is 1.00. The van der Waals surface area contributed by atoms with Gasteiger partial charge in [0.2, 0.25) is 0 Å². The van der Waals surface area contributed by atoms with E-state index in [1.54, 1.807) is 0 Å². The van der Waals surface area contributed by atoms with Gasteiger partial charge >= 0.3 is 0 Å². The zero-order valence-corrected chi connectivity index (χ0v) is 19.1. The van der Waals surface area contributed by atoms with Crippen LogP contribution in [-0.4, -0.2) is 39.0 Å². The van der Waals surface area contributed by atoms with Crippen molar-refractivity contribution in [3.8, 4) is 0 Å². The van der Waals surface area contributed by atoms with Crippen LogP contribution < -0.4 is 0 Å². The molecule has 4 nitrogen and oxygen atoms in total. The number of unbranched alkanes of at least 4 members (excludes halogenated alkanes) is 4. The van der Waals surface area contributed by atoms with Gasteiger partial charge in [0.05, 0.1) is 0 Å². The van der Waals surface area contributed by atoms with E-state index in [1.165, 1.54) is 0 Å². The lowest BCUT2D eigenvalue weighted by atomic mass is 9.92. The molecular weight excluding hydrogens is 340 g/mol. The monoisotopic (exact) mass is 388 g/mol. The SMILES string of the molecule is CCCCOC(CC(C)C(C)C(OCCCC)OCCCC)OCCCC. The van der Waals surface area contributed by atoms with E-state index in [0.29, 0.717) is 11.8 Å². The molecule has 2 unspecified atom stereocenters. The van der Waals surface area contributed by atoms with Gasteiger partial charge in [0.25, 0.3) is 0 Å². The smallest absolute Gasteiger partial charge is 0.160 e. The van der Waals surface area contributed by atoms with Crippen molar-refractivity contribution >= 4 is 0 Å². The Balaban J connectivity index is 4.63. The van der Waals surface area contributed by atoms with E-state index < -0.39 is 0 Å². The molecule has 2 atom stereocenters. The predicted molar refractivity (Wildman–Crippen MR) is 114 cm³/mol. The van der Waals surface area contributed by atoms with E-state index in [1.807, 2.05) is 0 Å². The summed E-state index contributed by atoms with van der Waals surface area (Å²) in [4.78, 5) is 0. The van der Waals surface area contributed by atoms with Gasteiger partial charge in [-0.3, -0.25) is 0 Å². The van der Waals surface area contributed by atoms with Gasteiger partial charge in [-0.15, -0.1) is 0 Å². The quantitative estimate of drug-likeness (QED) is 0.175. The largest absolute Gasteiger partial charge is 0.353 e. The van der Waals surface area contributed by atoms with Crippen LogP contribution in [0.15, 0.2) is 0 Å². The first kappa shape index (κ1) is 26.8. The first-order chi connectivity index (χ1) is 13.1. The maximum absolute atomic E-state index is 6.09. The molecule has 0 rings (SSSR count). The Hall–Kier alpha value is -0.160. The molecule has 0 saturated carbocycles. The molecule has 164 valence electrons. The molecule has 0 aromatic rings. The number of hydrogen-bond acceptors (Lipinski definition) is 4. The number of hydrogen-bond donors (Lipinski definition) is 0. The Morgan fingerprint density at radius 2 is 0.926 bits per heavy atom. The highest BCUT2D eigenvalue weighted by Gasteiger charge is 2.27. The lowest BCUT2D eigenvalue weighted by Crippen LogP contribution is -2.33. The van der Waals surface area contributed by atoms with Gasteiger partial charge in [-0.25, -0.2) is 0 Å². The van der Waals surface area contributed by atoms with Crippen molar-refractivity contribution in [1.29, 1.82) is 0 Å². The van der Waals surface area contributed by atoms with Crippen LogP contribution in [0.2, 0.25) is 0 Å². The van der Waals surface area contributed by atoms with Crippen LogP contribution in [0.3, 0.4) is 0 Å². The molecule has 0 bridgehead atoms. The van der Waals surface area contributed by atoms with Crippen LogP contribution in [0, 0.1) is 11.8 Å². The van der Waals surface area contributed by atoms with Crippen LogP contribution >= 0.6 is 0 Å². The Morgan fingerprint density at radius 1 is 0.556 bits per heavy atom. The maximum Gasteiger partial charge on any atom is 0.160 e. The second-order valence-corrected chi connectivity index (χ2v) is 7.77. The molecule has 0 aliphatic heterocycles. The van der Waals surface area contributed by atoms with Crippen LogP contribution in [0.25, 0.3) is 0 Å². The lowest BCUT2D eigenvalue weighted by molar-refractivity contribution is -0.192. The Kier molecular flexibility index (Phi) is 19.1. The fourth-order valence-electron chi connectivity index (χ4n) is 2.73. The zero-order chi connectivity index (χ0) is 20.3. The van der Waals surface area contributed by atoms with Crippen molar-refractivity contribution in [1.82, 2.24) is 0 Å². The van der Waals surface area contributed by atoms with Crippen molar-refractivity contribution in [2.24, 2.45) is 11.8 Å². The third-order valence-corrected chi connectivity index (χ3v) is 5.05. The van der Waals surface area contributed by atoms with Crippen molar-refractivity contribution in [2.45, 2.75) is 112 Å². The van der Waals surface area contributed by atoms with Gasteiger partial charge in [-0.2, -0.15) is 0 Å². The van der Waals surface area contributed by atoms with Crippen molar-refractivity contribution in [3.63, 3.8) is 0 Å². The molecule has 0 aromatic heterocycles. The van der Waals surface area contributed by atoms with Gasteiger partial charge < -0.3 is 18.9 Å². The topological polar surface area (TPSA) is 36.9 Å². The summed E-state index contributed by atoms with van der Waals surface area (Å²) in [5.41, 5.74) is 0. The molecule has 0 amide bonds. The lowest BCUT2D eigenvalue weighted by Gasteiger charge is -2.31. The number of ether oxygens (including phenoxy) is 4. The Bertz CT molecular complexity index is 278. The van der Waals surface area contributed by atoms with Gasteiger partial charge in [0, 0.05) is 38.8 Å². The summed E-state index contributed by atoms with van der Waals surface area (Å²) >= 11 is 0. The predicted octanol–water partition coefficient (Wildman–Crippen LogP) is 6.57. The van der Waals surface area contributed by atoms with E-state index in [-0.39, 0.29) is 12.6 Å². The molecule has 27 heavy (non-hydrogen) atoms. The molecule has 0 aromatic carbocycles. The van der Waals surface area contributed by atoms with Crippen molar-refractivity contribution in [2.75, 3.05) is 26.4 Å². The van der Waals surface area contributed by atoms with E-state index >= 15 is 0 Å². The molecule has 0 aliphatic rings. The molecule has 0 saturated heterocycles. The average molecular weight is 389 g/mol.